The Kier molecular flexibility index (Phi) is 4.53. The molecule has 0 bridgehead atoms. The van der Waals surface area contributed by atoms with Gasteiger partial charge < -0.3 is 15.7 Å². The maximum atomic E-state index is 10.9. The molecule has 2 atom stereocenters. The van der Waals surface area contributed by atoms with Gasteiger partial charge in [0.1, 0.15) is 0 Å². The van der Waals surface area contributed by atoms with Crippen molar-refractivity contribution in [2.75, 3.05) is 13.1 Å². The van der Waals surface area contributed by atoms with E-state index >= 15 is 0 Å². The molecule has 0 aliphatic carbocycles. The third-order valence-electron chi connectivity index (χ3n) is 3.00. The van der Waals surface area contributed by atoms with Crippen LogP contribution in [0, 0.1) is 0 Å². The molecule has 0 amide bonds. The van der Waals surface area contributed by atoms with Gasteiger partial charge in [0.15, 0.2) is 0 Å². The molecule has 1 aliphatic heterocycles. The van der Waals surface area contributed by atoms with Gasteiger partial charge in [0.05, 0.1) is 12.5 Å². The van der Waals surface area contributed by atoms with E-state index < -0.39 is 5.97 Å². The number of rotatable bonds is 5. The highest BCUT2D eigenvalue weighted by atomic mass is 32.1. The first-order chi connectivity index (χ1) is 8.25. The molecular weight excluding hydrogens is 236 g/mol. The van der Waals surface area contributed by atoms with Gasteiger partial charge in [0.2, 0.25) is 0 Å². The topological polar surface area (TPSA) is 61.4 Å². The highest BCUT2D eigenvalue weighted by molar-refractivity contribution is 7.10. The third kappa shape index (κ3) is 3.80. The molecule has 1 saturated heterocycles. The average Bonchev–Trinajstić information content (AvgIpc) is 2.82. The van der Waals surface area contributed by atoms with Gasteiger partial charge in [-0.1, -0.05) is 6.07 Å². The summed E-state index contributed by atoms with van der Waals surface area (Å²) in [5.74, 6) is -0.750. The lowest BCUT2D eigenvalue weighted by molar-refractivity contribution is -0.137. The van der Waals surface area contributed by atoms with Crippen molar-refractivity contribution < 1.29 is 9.90 Å². The Balaban J connectivity index is 1.97. The van der Waals surface area contributed by atoms with E-state index in [-0.39, 0.29) is 12.5 Å². The maximum Gasteiger partial charge on any atom is 0.305 e. The monoisotopic (exact) mass is 254 g/mol. The molecule has 0 saturated carbocycles. The molecule has 0 spiro atoms. The van der Waals surface area contributed by atoms with Crippen LogP contribution in [0.15, 0.2) is 17.5 Å². The van der Waals surface area contributed by atoms with Crippen molar-refractivity contribution in [2.24, 2.45) is 0 Å². The summed E-state index contributed by atoms with van der Waals surface area (Å²) in [7, 11) is 0. The molecule has 2 heterocycles. The molecule has 2 unspecified atom stereocenters. The van der Waals surface area contributed by atoms with E-state index in [9.17, 15) is 4.79 Å². The zero-order chi connectivity index (χ0) is 12.1. The Morgan fingerprint density at radius 1 is 1.71 bits per heavy atom. The van der Waals surface area contributed by atoms with Crippen molar-refractivity contribution in [1.82, 2.24) is 10.6 Å². The summed E-state index contributed by atoms with van der Waals surface area (Å²) in [4.78, 5) is 12.0. The summed E-state index contributed by atoms with van der Waals surface area (Å²) in [6.45, 7) is 2.00. The predicted molar refractivity (Wildman–Crippen MR) is 68.3 cm³/mol. The highest BCUT2D eigenvalue weighted by Gasteiger charge is 2.21. The standard InChI is InChI=1S/C12H18N2O2S/c15-12(16)7-10(11-4-2-6-17-11)14-9-3-1-5-13-8-9/h2,4,6,9-10,13-14H,1,3,5,7-8H2,(H,15,16). The Labute approximate surface area is 105 Å². The van der Waals surface area contributed by atoms with Gasteiger partial charge in [-0.05, 0) is 30.8 Å². The minimum Gasteiger partial charge on any atom is -0.481 e. The van der Waals surface area contributed by atoms with Crippen LogP contribution >= 0.6 is 11.3 Å². The summed E-state index contributed by atoms with van der Waals surface area (Å²) in [5.41, 5.74) is 0. The van der Waals surface area contributed by atoms with Crippen LogP contribution in [0.4, 0.5) is 0 Å². The third-order valence-corrected chi connectivity index (χ3v) is 3.99. The minimum atomic E-state index is -0.750. The zero-order valence-corrected chi connectivity index (χ0v) is 10.5. The van der Waals surface area contributed by atoms with Crippen LogP contribution in [-0.4, -0.2) is 30.2 Å². The van der Waals surface area contributed by atoms with Crippen LogP contribution in [0.5, 0.6) is 0 Å². The molecule has 1 aliphatic rings. The first-order valence-electron chi connectivity index (χ1n) is 5.97. The fraction of sp³-hybridized carbons (Fsp3) is 0.583. The molecule has 1 fully saturated rings. The van der Waals surface area contributed by atoms with Gasteiger partial charge in [-0.2, -0.15) is 0 Å². The molecular formula is C12H18N2O2S. The van der Waals surface area contributed by atoms with Gasteiger partial charge in [0.25, 0.3) is 0 Å². The number of thiophene rings is 1. The van der Waals surface area contributed by atoms with Crippen molar-refractivity contribution in [2.45, 2.75) is 31.3 Å². The van der Waals surface area contributed by atoms with Crippen LogP contribution in [-0.2, 0) is 4.79 Å². The van der Waals surface area contributed by atoms with Gasteiger partial charge >= 0.3 is 5.97 Å². The van der Waals surface area contributed by atoms with E-state index in [2.05, 4.69) is 10.6 Å². The number of piperidine rings is 1. The van der Waals surface area contributed by atoms with Crippen molar-refractivity contribution in [1.29, 1.82) is 0 Å². The van der Waals surface area contributed by atoms with E-state index in [0.717, 1.165) is 30.8 Å². The van der Waals surface area contributed by atoms with Gasteiger partial charge in [-0.15, -0.1) is 11.3 Å². The van der Waals surface area contributed by atoms with Crippen LogP contribution in [0.3, 0.4) is 0 Å². The molecule has 4 nitrogen and oxygen atoms in total. The number of nitrogens with one attached hydrogen (secondary N) is 2. The summed E-state index contributed by atoms with van der Waals surface area (Å²) in [6, 6.07) is 4.30. The first-order valence-corrected chi connectivity index (χ1v) is 6.85. The lowest BCUT2D eigenvalue weighted by atomic mass is 10.0. The molecule has 5 heteroatoms. The number of aliphatic carboxylic acids is 1. The molecule has 2 rings (SSSR count). The smallest absolute Gasteiger partial charge is 0.305 e. The molecule has 1 aromatic rings. The summed E-state index contributed by atoms with van der Waals surface area (Å²) < 4.78 is 0. The minimum absolute atomic E-state index is 0.0580. The maximum absolute atomic E-state index is 10.9. The van der Waals surface area contributed by atoms with Crippen LogP contribution in [0.25, 0.3) is 0 Å². The van der Waals surface area contributed by atoms with E-state index in [0.29, 0.717) is 6.04 Å². The Morgan fingerprint density at radius 3 is 3.18 bits per heavy atom. The quantitative estimate of drug-likeness (QED) is 0.747. The largest absolute Gasteiger partial charge is 0.481 e. The average molecular weight is 254 g/mol. The van der Waals surface area contributed by atoms with E-state index in [4.69, 9.17) is 5.11 Å². The van der Waals surface area contributed by atoms with E-state index in [1.165, 1.54) is 0 Å². The molecule has 94 valence electrons. The summed E-state index contributed by atoms with van der Waals surface area (Å²) in [5, 5.41) is 17.7. The molecule has 0 aromatic carbocycles. The second-order valence-corrected chi connectivity index (χ2v) is 5.36. The van der Waals surface area contributed by atoms with Gasteiger partial charge in [-0.25, -0.2) is 0 Å². The lowest BCUT2D eigenvalue weighted by Crippen LogP contribution is -2.44. The second kappa shape index (κ2) is 6.14. The number of carboxylic acids is 1. The normalized spacial score (nSPS) is 22.2. The van der Waals surface area contributed by atoms with Crippen LogP contribution in [0.1, 0.15) is 30.2 Å². The Hall–Kier alpha value is -0.910. The van der Waals surface area contributed by atoms with Crippen molar-refractivity contribution in [3.05, 3.63) is 22.4 Å². The predicted octanol–water partition coefficient (Wildman–Crippen LogP) is 1.61. The van der Waals surface area contributed by atoms with E-state index in [1.807, 2.05) is 17.5 Å². The number of carbonyl (C=O) groups is 1. The summed E-state index contributed by atoms with van der Waals surface area (Å²) >= 11 is 1.62. The van der Waals surface area contributed by atoms with Crippen LogP contribution in [0.2, 0.25) is 0 Å². The number of hydrogen-bond acceptors (Lipinski definition) is 4. The van der Waals surface area contributed by atoms with Gasteiger partial charge in [0, 0.05) is 17.5 Å². The first kappa shape index (κ1) is 12.5. The molecule has 17 heavy (non-hydrogen) atoms. The lowest BCUT2D eigenvalue weighted by Gasteiger charge is -2.28. The number of hydrogen-bond donors (Lipinski definition) is 3. The number of carboxylic acid groups (broad SMARTS) is 1. The zero-order valence-electron chi connectivity index (χ0n) is 9.69. The Bertz CT molecular complexity index is 347. The molecule has 0 radical (unpaired) electrons. The van der Waals surface area contributed by atoms with Crippen molar-refractivity contribution in [3.63, 3.8) is 0 Å². The second-order valence-electron chi connectivity index (χ2n) is 4.38. The molecule has 3 N–H and O–H groups in total. The van der Waals surface area contributed by atoms with E-state index in [1.54, 1.807) is 11.3 Å². The highest BCUT2D eigenvalue weighted by Crippen LogP contribution is 2.23. The van der Waals surface area contributed by atoms with Crippen molar-refractivity contribution >= 4 is 17.3 Å². The fourth-order valence-corrected chi connectivity index (χ4v) is 2.97. The Morgan fingerprint density at radius 2 is 2.59 bits per heavy atom. The van der Waals surface area contributed by atoms with Gasteiger partial charge in [-0.3, -0.25) is 4.79 Å². The molecule has 1 aromatic heterocycles. The summed E-state index contributed by atoms with van der Waals surface area (Å²) in [6.07, 6.45) is 2.42. The van der Waals surface area contributed by atoms with Crippen molar-refractivity contribution in [3.8, 4) is 0 Å². The fourth-order valence-electron chi connectivity index (χ4n) is 2.18. The van der Waals surface area contributed by atoms with Crippen LogP contribution < -0.4 is 10.6 Å². The SMILES string of the molecule is O=C(O)CC(NC1CCCNC1)c1cccs1.